The summed E-state index contributed by atoms with van der Waals surface area (Å²) in [6.45, 7) is 3.99. The summed E-state index contributed by atoms with van der Waals surface area (Å²) in [5, 5.41) is 0. The van der Waals surface area contributed by atoms with Crippen molar-refractivity contribution in [1.29, 1.82) is 0 Å². The number of likely N-dealkylation sites (tertiary alicyclic amines) is 1. The van der Waals surface area contributed by atoms with Crippen LogP contribution in [0.3, 0.4) is 0 Å². The van der Waals surface area contributed by atoms with E-state index in [9.17, 15) is 4.79 Å². The molecule has 2 saturated heterocycles. The van der Waals surface area contributed by atoms with Crippen LogP contribution in [0.5, 0.6) is 11.5 Å². The van der Waals surface area contributed by atoms with E-state index < -0.39 is 0 Å². The number of amides is 1. The Morgan fingerprint density at radius 3 is 2.54 bits per heavy atom. The predicted octanol–water partition coefficient (Wildman–Crippen LogP) is 1.71. The number of hydrogen-bond donors (Lipinski definition) is 1. The Bertz CT molecular complexity index is 708. The highest BCUT2D eigenvalue weighted by atomic mass is 16.5. The van der Waals surface area contributed by atoms with E-state index >= 15 is 0 Å². The fourth-order valence-corrected chi connectivity index (χ4v) is 5.02. The largest absolute Gasteiger partial charge is 0.493 e. The minimum absolute atomic E-state index is 0.000188. The zero-order chi connectivity index (χ0) is 18.4. The molecule has 0 radical (unpaired) electrons. The first-order valence-corrected chi connectivity index (χ1v) is 9.59. The molecule has 6 heteroatoms. The van der Waals surface area contributed by atoms with Gasteiger partial charge >= 0.3 is 0 Å². The van der Waals surface area contributed by atoms with E-state index in [1.54, 1.807) is 14.2 Å². The van der Waals surface area contributed by atoms with E-state index in [4.69, 9.17) is 15.2 Å². The molecule has 3 aliphatic rings. The number of carbonyl (C=O) groups excluding carboxylic acids is 1. The monoisotopic (exact) mass is 359 g/mol. The lowest BCUT2D eigenvalue weighted by molar-refractivity contribution is -0.133. The van der Waals surface area contributed by atoms with E-state index in [1.165, 1.54) is 11.1 Å². The summed E-state index contributed by atoms with van der Waals surface area (Å²) in [5.41, 5.74) is 9.21. The first kappa shape index (κ1) is 17.6. The molecule has 4 unspecified atom stereocenters. The maximum absolute atomic E-state index is 12.4. The second-order valence-corrected chi connectivity index (χ2v) is 7.82. The summed E-state index contributed by atoms with van der Waals surface area (Å²) in [4.78, 5) is 16.9. The number of nitrogens with two attached hydrogens (primary N) is 1. The molecule has 142 valence electrons. The molecule has 4 rings (SSSR count). The topological polar surface area (TPSA) is 68.0 Å². The molecule has 6 nitrogen and oxygen atoms in total. The number of piperidine rings is 1. The molecule has 0 aromatic heterocycles. The van der Waals surface area contributed by atoms with Crippen LogP contribution in [0.4, 0.5) is 0 Å². The highest BCUT2D eigenvalue weighted by molar-refractivity contribution is 5.79. The first-order valence-electron chi connectivity index (χ1n) is 9.59. The normalized spacial score (nSPS) is 31.5. The number of hydrogen-bond acceptors (Lipinski definition) is 5. The maximum atomic E-state index is 12.4. The van der Waals surface area contributed by atoms with Gasteiger partial charge in [0.1, 0.15) is 0 Å². The molecule has 0 saturated carbocycles. The van der Waals surface area contributed by atoms with Gasteiger partial charge < -0.3 is 20.1 Å². The molecule has 3 heterocycles. The van der Waals surface area contributed by atoms with Crippen molar-refractivity contribution in [2.24, 2.45) is 5.73 Å². The van der Waals surface area contributed by atoms with Crippen molar-refractivity contribution in [3.63, 3.8) is 0 Å². The molecule has 26 heavy (non-hydrogen) atoms. The Morgan fingerprint density at radius 1 is 1.15 bits per heavy atom. The van der Waals surface area contributed by atoms with Gasteiger partial charge in [-0.2, -0.15) is 0 Å². The molecule has 1 aromatic rings. The van der Waals surface area contributed by atoms with Crippen LogP contribution < -0.4 is 15.2 Å². The maximum Gasteiger partial charge on any atom is 0.223 e. The van der Waals surface area contributed by atoms with Crippen molar-refractivity contribution in [1.82, 2.24) is 9.80 Å². The summed E-state index contributed by atoms with van der Waals surface area (Å²) in [6, 6.07) is 4.93. The van der Waals surface area contributed by atoms with Gasteiger partial charge in [-0.25, -0.2) is 0 Å². The summed E-state index contributed by atoms with van der Waals surface area (Å²) in [5.74, 6) is 1.82. The summed E-state index contributed by atoms with van der Waals surface area (Å²) in [7, 11) is 3.35. The van der Waals surface area contributed by atoms with Crippen molar-refractivity contribution in [2.45, 2.75) is 56.8 Å². The van der Waals surface area contributed by atoms with E-state index in [2.05, 4.69) is 28.9 Å². The van der Waals surface area contributed by atoms with Crippen molar-refractivity contribution in [3.8, 4) is 11.5 Å². The van der Waals surface area contributed by atoms with E-state index in [1.807, 2.05) is 0 Å². The molecule has 1 amide bonds. The smallest absolute Gasteiger partial charge is 0.223 e. The minimum Gasteiger partial charge on any atom is -0.493 e. The average molecular weight is 359 g/mol. The van der Waals surface area contributed by atoms with Crippen molar-refractivity contribution < 1.29 is 14.3 Å². The van der Waals surface area contributed by atoms with Gasteiger partial charge in [0, 0.05) is 37.6 Å². The number of nitrogens with zero attached hydrogens (tertiary/aromatic N) is 2. The standard InChI is InChI=1S/C20H29N3O3/c1-12-4-5-20(24)23(12)17-11-22-7-6-13-8-18(25-2)19(26-3)9-14(13)16(22)10-15(17)21/h8-9,12,15-17H,4-7,10-11,21H2,1-3H3. The number of ether oxygens (including phenoxy) is 2. The van der Waals surface area contributed by atoms with Crippen molar-refractivity contribution >= 4 is 5.91 Å². The van der Waals surface area contributed by atoms with Gasteiger partial charge in [0.2, 0.25) is 5.91 Å². The van der Waals surface area contributed by atoms with Crippen LogP contribution >= 0.6 is 0 Å². The zero-order valence-corrected chi connectivity index (χ0v) is 15.9. The number of carbonyl (C=O) groups is 1. The molecular weight excluding hydrogens is 330 g/mol. The second kappa shape index (κ2) is 6.74. The fourth-order valence-electron chi connectivity index (χ4n) is 5.02. The molecule has 2 N–H and O–H groups in total. The second-order valence-electron chi connectivity index (χ2n) is 7.82. The Kier molecular flexibility index (Phi) is 4.57. The Balaban J connectivity index is 1.62. The molecule has 3 aliphatic heterocycles. The van der Waals surface area contributed by atoms with Crippen LogP contribution in [0.15, 0.2) is 12.1 Å². The van der Waals surface area contributed by atoms with Crippen LogP contribution in [-0.4, -0.2) is 61.1 Å². The Labute approximate surface area is 155 Å². The SMILES string of the molecule is COc1cc2c(cc1OC)C1CC(N)C(N3C(=O)CCC3C)CN1CC2. The van der Waals surface area contributed by atoms with Crippen LogP contribution in [0.25, 0.3) is 0 Å². The van der Waals surface area contributed by atoms with Crippen molar-refractivity contribution in [2.75, 3.05) is 27.3 Å². The third kappa shape index (κ3) is 2.76. The third-order valence-corrected chi connectivity index (χ3v) is 6.42. The fraction of sp³-hybridized carbons (Fsp3) is 0.650. The number of rotatable bonds is 3. The summed E-state index contributed by atoms with van der Waals surface area (Å²) < 4.78 is 11.0. The number of benzene rings is 1. The average Bonchev–Trinajstić information content (AvgIpc) is 2.98. The summed E-state index contributed by atoms with van der Waals surface area (Å²) in [6.07, 6.45) is 3.46. The molecule has 1 aromatic carbocycles. The van der Waals surface area contributed by atoms with Gasteiger partial charge in [-0.3, -0.25) is 9.69 Å². The highest BCUT2D eigenvalue weighted by Gasteiger charge is 2.44. The van der Waals surface area contributed by atoms with Gasteiger partial charge in [-0.1, -0.05) is 0 Å². The number of fused-ring (bicyclic) bond motifs is 3. The van der Waals surface area contributed by atoms with E-state index in [-0.39, 0.29) is 24.0 Å². The zero-order valence-electron chi connectivity index (χ0n) is 15.9. The van der Waals surface area contributed by atoms with Crippen LogP contribution in [0, 0.1) is 0 Å². The molecule has 0 aliphatic carbocycles. The van der Waals surface area contributed by atoms with E-state index in [0.29, 0.717) is 12.5 Å². The van der Waals surface area contributed by atoms with Crippen molar-refractivity contribution in [3.05, 3.63) is 23.3 Å². The lowest BCUT2D eigenvalue weighted by atomic mass is 9.82. The lowest BCUT2D eigenvalue weighted by Crippen LogP contribution is -2.61. The molecule has 2 fully saturated rings. The Morgan fingerprint density at radius 2 is 1.88 bits per heavy atom. The molecule has 0 spiro atoms. The van der Waals surface area contributed by atoms with Gasteiger partial charge in [-0.15, -0.1) is 0 Å². The Hall–Kier alpha value is -1.79. The van der Waals surface area contributed by atoms with E-state index in [0.717, 1.165) is 43.9 Å². The van der Waals surface area contributed by atoms with Gasteiger partial charge in [0.05, 0.1) is 20.3 Å². The van der Waals surface area contributed by atoms with Crippen LogP contribution in [-0.2, 0) is 11.2 Å². The third-order valence-electron chi connectivity index (χ3n) is 6.42. The van der Waals surface area contributed by atoms with Crippen LogP contribution in [0.1, 0.15) is 43.4 Å². The lowest BCUT2D eigenvalue weighted by Gasteiger charge is -2.49. The first-order chi connectivity index (χ1) is 12.5. The minimum atomic E-state index is -0.000188. The summed E-state index contributed by atoms with van der Waals surface area (Å²) >= 11 is 0. The van der Waals surface area contributed by atoms with Gasteiger partial charge in [-0.05, 0) is 49.4 Å². The molecule has 4 atom stereocenters. The molecular formula is C20H29N3O3. The predicted molar refractivity (Wildman–Crippen MR) is 99.5 cm³/mol. The van der Waals surface area contributed by atoms with Crippen LogP contribution in [0.2, 0.25) is 0 Å². The molecule has 0 bridgehead atoms. The van der Waals surface area contributed by atoms with Gasteiger partial charge in [0.15, 0.2) is 11.5 Å². The quantitative estimate of drug-likeness (QED) is 0.890. The van der Waals surface area contributed by atoms with Gasteiger partial charge in [0.25, 0.3) is 0 Å². The highest BCUT2D eigenvalue weighted by Crippen LogP contribution is 2.42. The number of methoxy groups -OCH3 is 2.